The van der Waals surface area contributed by atoms with Gasteiger partial charge in [0.2, 0.25) is 5.91 Å². The first-order chi connectivity index (χ1) is 7.50. The number of aliphatic carboxylic acids is 1. The van der Waals surface area contributed by atoms with Crippen molar-refractivity contribution in [2.75, 3.05) is 19.6 Å². The summed E-state index contributed by atoms with van der Waals surface area (Å²) in [6, 6.07) is -0.391. The Morgan fingerprint density at radius 2 is 2.19 bits per heavy atom. The van der Waals surface area contributed by atoms with Gasteiger partial charge in [-0.15, -0.1) is 0 Å². The van der Waals surface area contributed by atoms with Gasteiger partial charge in [-0.2, -0.15) is 0 Å². The third kappa shape index (κ3) is 3.81. The summed E-state index contributed by atoms with van der Waals surface area (Å²) >= 11 is 0. The average Bonchev–Trinajstić information content (AvgIpc) is 2.19. The number of carboxylic acids is 1. The van der Waals surface area contributed by atoms with Crippen molar-refractivity contribution in [3.05, 3.63) is 0 Å². The van der Waals surface area contributed by atoms with Gasteiger partial charge >= 0.3 is 5.97 Å². The molecule has 2 N–H and O–H groups in total. The fourth-order valence-corrected chi connectivity index (χ4v) is 2.09. The van der Waals surface area contributed by atoms with E-state index in [1.54, 1.807) is 0 Å². The van der Waals surface area contributed by atoms with Crippen LogP contribution in [0.4, 0.5) is 0 Å². The molecule has 0 bridgehead atoms. The zero-order valence-electron chi connectivity index (χ0n) is 9.90. The molecule has 1 amide bonds. The van der Waals surface area contributed by atoms with Crippen LogP contribution in [0, 0.1) is 5.92 Å². The number of hydrogen-bond donors (Lipinski definition) is 2. The first-order valence-electron chi connectivity index (χ1n) is 5.72. The Balaban J connectivity index is 2.43. The highest BCUT2D eigenvalue weighted by atomic mass is 16.4. The summed E-state index contributed by atoms with van der Waals surface area (Å²) in [7, 11) is 0. The highest BCUT2D eigenvalue weighted by Crippen LogP contribution is 2.22. The number of rotatable bonds is 4. The Hall–Kier alpha value is -1.10. The molecule has 2 atom stereocenters. The van der Waals surface area contributed by atoms with Crippen LogP contribution >= 0.6 is 0 Å². The second kappa shape index (κ2) is 5.84. The molecule has 0 spiro atoms. The molecule has 0 aromatic heterocycles. The Bertz CT molecular complexity index is 268. The van der Waals surface area contributed by atoms with E-state index in [0.717, 1.165) is 13.0 Å². The topological polar surface area (TPSA) is 69.6 Å². The van der Waals surface area contributed by atoms with E-state index in [2.05, 4.69) is 12.2 Å². The molecule has 1 aliphatic rings. The maximum Gasteiger partial charge on any atom is 0.320 e. The van der Waals surface area contributed by atoms with Gasteiger partial charge in [-0.1, -0.05) is 6.92 Å². The molecule has 1 saturated heterocycles. The third-order valence-electron chi connectivity index (χ3n) is 3.03. The minimum Gasteiger partial charge on any atom is -0.480 e. The smallest absolute Gasteiger partial charge is 0.320 e. The van der Waals surface area contributed by atoms with Gasteiger partial charge in [0.15, 0.2) is 0 Å². The second-order valence-corrected chi connectivity index (χ2v) is 4.50. The zero-order chi connectivity index (χ0) is 12.1. The van der Waals surface area contributed by atoms with Crippen LogP contribution in [0.15, 0.2) is 0 Å². The standard InChI is InChI=1S/C11H20N2O3/c1-8-3-5-13(6-4-12-9(2)14)10(7-8)11(15)16/h8,10H,3-7H2,1-2H3,(H,12,14)(H,15,16). The lowest BCUT2D eigenvalue weighted by molar-refractivity contribution is -0.145. The molecule has 0 aliphatic carbocycles. The quantitative estimate of drug-likeness (QED) is 0.726. The average molecular weight is 228 g/mol. The number of carbonyl (C=O) groups is 2. The van der Waals surface area contributed by atoms with Gasteiger partial charge in [0.05, 0.1) is 0 Å². The van der Waals surface area contributed by atoms with Crippen LogP contribution in [0.3, 0.4) is 0 Å². The van der Waals surface area contributed by atoms with Crippen LogP contribution in [0.25, 0.3) is 0 Å². The van der Waals surface area contributed by atoms with Crippen LogP contribution in [-0.2, 0) is 9.59 Å². The molecule has 0 saturated carbocycles. The molecule has 1 heterocycles. The van der Waals surface area contributed by atoms with E-state index in [0.29, 0.717) is 25.4 Å². The number of nitrogens with one attached hydrogen (secondary N) is 1. The minimum absolute atomic E-state index is 0.0720. The molecule has 1 fully saturated rings. The SMILES string of the molecule is CC(=O)NCCN1CCC(C)CC1C(=O)O. The second-order valence-electron chi connectivity index (χ2n) is 4.50. The lowest BCUT2D eigenvalue weighted by Gasteiger charge is -2.35. The van der Waals surface area contributed by atoms with Crippen LogP contribution < -0.4 is 5.32 Å². The summed E-state index contributed by atoms with van der Waals surface area (Å²) < 4.78 is 0. The molecule has 0 radical (unpaired) electrons. The monoisotopic (exact) mass is 228 g/mol. The van der Waals surface area contributed by atoms with Crippen LogP contribution in [0.2, 0.25) is 0 Å². The number of likely N-dealkylation sites (tertiary alicyclic amines) is 1. The highest BCUT2D eigenvalue weighted by molar-refractivity contribution is 5.74. The van der Waals surface area contributed by atoms with Crippen LogP contribution in [-0.4, -0.2) is 47.6 Å². The van der Waals surface area contributed by atoms with E-state index < -0.39 is 12.0 Å². The fourth-order valence-electron chi connectivity index (χ4n) is 2.09. The van der Waals surface area contributed by atoms with E-state index >= 15 is 0 Å². The molecule has 5 heteroatoms. The molecular weight excluding hydrogens is 208 g/mol. The number of piperidine rings is 1. The molecular formula is C11H20N2O3. The van der Waals surface area contributed by atoms with Gasteiger partial charge in [0.1, 0.15) is 6.04 Å². The van der Waals surface area contributed by atoms with E-state index in [9.17, 15) is 9.59 Å². The van der Waals surface area contributed by atoms with E-state index in [1.165, 1.54) is 6.92 Å². The number of hydrogen-bond acceptors (Lipinski definition) is 3. The third-order valence-corrected chi connectivity index (χ3v) is 3.03. The largest absolute Gasteiger partial charge is 0.480 e. The molecule has 2 unspecified atom stereocenters. The first kappa shape index (κ1) is 13.0. The lowest BCUT2D eigenvalue weighted by atomic mass is 9.92. The van der Waals surface area contributed by atoms with E-state index in [4.69, 9.17) is 5.11 Å². The van der Waals surface area contributed by atoms with Crippen molar-refractivity contribution < 1.29 is 14.7 Å². The molecule has 0 aromatic rings. The Morgan fingerprint density at radius 1 is 1.50 bits per heavy atom. The molecule has 5 nitrogen and oxygen atoms in total. The normalized spacial score (nSPS) is 26.4. The van der Waals surface area contributed by atoms with Crippen LogP contribution in [0.5, 0.6) is 0 Å². The predicted molar refractivity (Wildman–Crippen MR) is 60.1 cm³/mol. The molecule has 1 aliphatic heterocycles. The Labute approximate surface area is 95.8 Å². The van der Waals surface area contributed by atoms with Crippen molar-refractivity contribution in [1.82, 2.24) is 10.2 Å². The van der Waals surface area contributed by atoms with Crippen molar-refractivity contribution in [3.63, 3.8) is 0 Å². The first-order valence-corrected chi connectivity index (χ1v) is 5.72. The molecule has 92 valence electrons. The van der Waals surface area contributed by atoms with Crippen molar-refractivity contribution in [2.24, 2.45) is 5.92 Å². The highest BCUT2D eigenvalue weighted by Gasteiger charge is 2.31. The maximum absolute atomic E-state index is 11.1. The van der Waals surface area contributed by atoms with Gasteiger partial charge in [-0.05, 0) is 25.3 Å². The number of nitrogens with zero attached hydrogens (tertiary/aromatic N) is 1. The van der Waals surface area contributed by atoms with Crippen molar-refractivity contribution in [2.45, 2.75) is 32.7 Å². The van der Waals surface area contributed by atoms with Crippen molar-refractivity contribution in [3.8, 4) is 0 Å². The lowest BCUT2D eigenvalue weighted by Crippen LogP contribution is -2.49. The fraction of sp³-hybridized carbons (Fsp3) is 0.818. The summed E-state index contributed by atoms with van der Waals surface area (Å²) in [6.45, 7) is 5.49. The summed E-state index contributed by atoms with van der Waals surface area (Å²) in [4.78, 5) is 23.7. The minimum atomic E-state index is -0.755. The molecule has 16 heavy (non-hydrogen) atoms. The summed E-state index contributed by atoms with van der Waals surface area (Å²) in [5.41, 5.74) is 0. The van der Waals surface area contributed by atoms with Gasteiger partial charge in [-0.3, -0.25) is 14.5 Å². The maximum atomic E-state index is 11.1. The predicted octanol–water partition coefficient (Wildman–Crippen LogP) is 0.308. The summed E-state index contributed by atoms with van der Waals surface area (Å²) in [5, 5.41) is 11.8. The van der Waals surface area contributed by atoms with Gasteiger partial charge < -0.3 is 10.4 Å². The Morgan fingerprint density at radius 3 is 2.75 bits per heavy atom. The van der Waals surface area contributed by atoms with Gasteiger partial charge in [-0.25, -0.2) is 0 Å². The summed E-state index contributed by atoms with van der Waals surface area (Å²) in [6.07, 6.45) is 1.74. The van der Waals surface area contributed by atoms with E-state index in [1.807, 2.05) is 4.90 Å². The van der Waals surface area contributed by atoms with Gasteiger partial charge in [0, 0.05) is 20.0 Å². The van der Waals surface area contributed by atoms with Gasteiger partial charge in [0.25, 0.3) is 0 Å². The molecule has 0 aromatic carbocycles. The zero-order valence-corrected chi connectivity index (χ0v) is 9.90. The van der Waals surface area contributed by atoms with Crippen LogP contribution in [0.1, 0.15) is 26.7 Å². The number of carbonyl (C=O) groups excluding carboxylic acids is 1. The summed E-state index contributed by atoms with van der Waals surface area (Å²) in [5.74, 6) is -0.357. The van der Waals surface area contributed by atoms with Crippen molar-refractivity contribution in [1.29, 1.82) is 0 Å². The van der Waals surface area contributed by atoms with E-state index in [-0.39, 0.29) is 5.91 Å². The number of amides is 1. The molecule has 1 rings (SSSR count). The van der Waals surface area contributed by atoms with Crippen molar-refractivity contribution >= 4 is 11.9 Å². The number of carboxylic acid groups (broad SMARTS) is 1. The Kier molecular flexibility index (Phi) is 4.73.